The second kappa shape index (κ2) is 5.26. The van der Waals surface area contributed by atoms with E-state index in [0.29, 0.717) is 5.56 Å². The molecule has 0 spiro atoms. The van der Waals surface area contributed by atoms with Gasteiger partial charge in [-0.05, 0) is 0 Å². The van der Waals surface area contributed by atoms with E-state index in [9.17, 15) is 4.79 Å². The van der Waals surface area contributed by atoms with E-state index in [-0.39, 0.29) is 0 Å². The van der Waals surface area contributed by atoms with Gasteiger partial charge in [0.25, 0.3) is 0 Å². The summed E-state index contributed by atoms with van der Waals surface area (Å²) in [6.45, 7) is 2.84. The van der Waals surface area contributed by atoms with Crippen LogP contribution in [0.15, 0.2) is 42.6 Å². The molecule has 2 nitrogen and oxygen atoms in total. The fourth-order valence-corrected chi connectivity index (χ4v) is 2.17. The monoisotopic (exact) mass is 291 g/mol. The molecule has 0 atom stereocenters. The molecule has 0 aliphatic carbocycles. The summed E-state index contributed by atoms with van der Waals surface area (Å²) in [5.74, 6) is 0. The number of aromatic nitrogens is 1. The van der Waals surface area contributed by atoms with Gasteiger partial charge in [0, 0.05) is 0 Å². The summed E-state index contributed by atoms with van der Waals surface area (Å²) >= 11 is 2.95. The van der Waals surface area contributed by atoms with Gasteiger partial charge in [0.2, 0.25) is 0 Å². The molecular formula is C14H13NOSe. The zero-order valence-electron chi connectivity index (χ0n) is 9.59. The maximum absolute atomic E-state index is 10.8. The number of rotatable bonds is 3. The first-order valence-corrected chi connectivity index (χ1v) is 6.26. The molecule has 0 aliphatic rings. The standard InChI is InChI=1S/C14H13NOSe/c1-11-4-6-12(7-5-11)9-15-8-2-3-13(10-16)14(15)17/h2-8,10H,9H2,1H3. The van der Waals surface area contributed by atoms with Crippen LogP contribution in [-0.4, -0.2) is 26.4 Å². The van der Waals surface area contributed by atoms with Gasteiger partial charge in [-0.3, -0.25) is 0 Å². The Kier molecular flexibility index (Phi) is 3.72. The molecule has 3 heteroatoms. The fourth-order valence-electron chi connectivity index (χ4n) is 1.66. The normalized spacial score (nSPS) is 10.2. The van der Waals surface area contributed by atoms with Gasteiger partial charge < -0.3 is 0 Å². The van der Waals surface area contributed by atoms with Crippen LogP contribution in [0.2, 0.25) is 0 Å². The first-order valence-electron chi connectivity index (χ1n) is 5.41. The van der Waals surface area contributed by atoms with E-state index in [1.807, 2.05) is 22.9 Å². The van der Waals surface area contributed by atoms with E-state index >= 15 is 0 Å². The molecule has 0 bridgehead atoms. The molecule has 1 heterocycles. The maximum atomic E-state index is 10.8. The van der Waals surface area contributed by atoms with E-state index in [0.717, 1.165) is 17.0 Å². The number of aryl methyl sites for hydroxylation is 1. The third kappa shape index (κ3) is 2.82. The van der Waals surface area contributed by atoms with Crippen LogP contribution in [0.5, 0.6) is 0 Å². The van der Waals surface area contributed by atoms with Crippen LogP contribution < -0.4 is 0 Å². The number of aldehydes is 1. The van der Waals surface area contributed by atoms with Crippen molar-refractivity contribution in [1.29, 1.82) is 0 Å². The van der Waals surface area contributed by atoms with Crippen molar-refractivity contribution in [2.24, 2.45) is 0 Å². The molecular weight excluding hydrogens is 277 g/mol. The van der Waals surface area contributed by atoms with Gasteiger partial charge in [0.05, 0.1) is 0 Å². The Hall–Kier alpha value is -1.44. The summed E-state index contributed by atoms with van der Waals surface area (Å²) in [4.78, 5) is 10.8. The molecule has 86 valence electrons. The second-order valence-electron chi connectivity index (χ2n) is 4.00. The van der Waals surface area contributed by atoms with E-state index in [2.05, 4.69) is 46.8 Å². The van der Waals surface area contributed by atoms with E-state index in [4.69, 9.17) is 0 Å². The molecule has 17 heavy (non-hydrogen) atoms. The number of pyridine rings is 1. The summed E-state index contributed by atoms with van der Waals surface area (Å²) in [6, 6.07) is 12.1. The van der Waals surface area contributed by atoms with Crippen LogP contribution in [0.3, 0.4) is 0 Å². The molecule has 1 aromatic carbocycles. The summed E-state index contributed by atoms with van der Waals surface area (Å²) in [5, 5.41) is 0. The molecule has 2 rings (SSSR count). The predicted molar refractivity (Wildman–Crippen MR) is 69.1 cm³/mol. The topological polar surface area (TPSA) is 22.0 Å². The average Bonchev–Trinajstić information content (AvgIpc) is 2.35. The fraction of sp³-hybridized carbons (Fsp3) is 0.143. The molecule has 2 aromatic rings. The summed E-state index contributed by atoms with van der Waals surface area (Å²) in [5.41, 5.74) is 3.17. The van der Waals surface area contributed by atoms with Gasteiger partial charge in [-0.25, -0.2) is 0 Å². The zero-order valence-corrected chi connectivity index (χ0v) is 11.3. The number of carbonyl (C=O) groups excluding carboxylic acids is 1. The Bertz CT molecular complexity index is 584. The van der Waals surface area contributed by atoms with Crippen molar-refractivity contribution in [3.63, 3.8) is 0 Å². The number of benzene rings is 1. The number of hydrogen-bond acceptors (Lipinski definition) is 1. The van der Waals surface area contributed by atoms with Crippen molar-refractivity contribution in [3.8, 4) is 0 Å². The first kappa shape index (κ1) is 12.0. The van der Waals surface area contributed by atoms with E-state index in [1.165, 1.54) is 11.1 Å². The van der Waals surface area contributed by atoms with Crippen LogP contribution >= 0.6 is 0 Å². The molecule has 0 saturated carbocycles. The van der Waals surface area contributed by atoms with Gasteiger partial charge >= 0.3 is 108 Å². The summed E-state index contributed by atoms with van der Waals surface area (Å²) in [6.07, 6.45) is 2.84. The molecule has 0 unspecified atom stereocenters. The summed E-state index contributed by atoms with van der Waals surface area (Å²) < 4.78 is 2.91. The predicted octanol–water partition coefficient (Wildman–Crippen LogP) is 2.36. The van der Waals surface area contributed by atoms with E-state index < -0.39 is 0 Å². The Morgan fingerprint density at radius 1 is 1.24 bits per heavy atom. The molecule has 0 saturated heterocycles. The SMILES string of the molecule is Cc1ccc(Cn2cccc(C=O)c2=[Se])cc1. The number of carbonyl (C=O) groups is 1. The van der Waals surface area contributed by atoms with Crippen molar-refractivity contribution in [2.45, 2.75) is 13.5 Å². The van der Waals surface area contributed by atoms with Crippen LogP contribution in [0.4, 0.5) is 0 Å². The quantitative estimate of drug-likeness (QED) is 0.628. The Morgan fingerprint density at radius 2 is 1.94 bits per heavy atom. The molecule has 0 N–H and O–H groups in total. The van der Waals surface area contributed by atoms with Crippen LogP contribution in [0.1, 0.15) is 21.5 Å². The first-order chi connectivity index (χ1) is 8.20. The Balaban J connectivity index is 2.33. The zero-order chi connectivity index (χ0) is 12.3. The number of nitrogens with zero attached hydrogens (tertiary/aromatic N) is 1. The van der Waals surface area contributed by atoms with E-state index in [1.54, 1.807) is 0 Å². The van der Waals surface area contributed by atoms with Crippen LogP contribution in [0, 0.1) is 11.1 Å². The van der Waals surface area contributed by atoms with Crippen LogP contribution in [-0.2, 0) is 6.54 Å². The van der Waals surface area contributed by atoms with Crippen molar-refractivity contribution < 1.29 is 4.79 Å². The number of hydrogen-bond donors (Lipinski definition) is 0. The van der Waals surface area contributed by atoms with Crippen LogP contribution in [0.25, 0.3) is 0 Å². The Labute approximate surface area is 108 Å². The molecule has 0 amide bonds. The van der Waals surface area contributed by atoms with Crippen molar-refractivity contribution >= 4 is 21.9 Å². The van der Waals surface area contributed by atoms with Gasteiger partial charge in [0.1, 0.15) is 0 Å². The minimum absolute atomic E-state index is 0.694. The van der Waals surface area contributed by atoms with Crippen molar-refractivity contribution in [2.75, 3.05) is 0 Å². The average molecular weight is 290 g/mol. The van der Waals surface area contributed by atoms with Gasteiger partial charge in [-0.2, -0.15) is 0 Å². The van der Waals surface area contributed by atoms with Gasteiger partial charge in [-0.1, -0.05) is 0 Å². The van der Waals surface area contributed by atoms with Crippen molar-refractivity contribution in [3.05, 3.63) is 63.5 Å². The van der Waals surface area contributed by atoms with Gasteiger partial charge in [-0.15, -0.1) is 0 Å². The third-order valence-electron chi connectivity index (χ3n) is 2.65. The molecule has 0 aliphatic heterocycles. The Morgan fingerprint density at radius 3 is 2.59 bits per heavy atom. The minimum atomic E-state index is 0.694. The summed E-state index contributed by atoms with van der Waals surface area (Å²) in [7, 11) is 0. The molecule has 1 aromatic heterocycles. The molecule has 0 radical (unpaired) electrons. The third-order valence-corrected chi connectivity index (χ3v) is 3.64. The van der Waals surface area contributed by atoms with Crippen molar-refractivity contribution in [1.82, 2.24) is 4.57 Å². The molecule has 0 fully saturated rings. The second-order valence-corrected chi connectivity index (χ2v) is 4.81. The van der Waals surface area contributed by atoms with Gasteiger partial charge in [0.15, 0.2) is 0 Å².